The van der Waals surface area contributed by atoms with Gasteiger partial charge in [0.2, 0.25) is 5.91 Å². The molecule has 1 aromatic heterocycles. The Kier molecular flexibility index (Phi) is 4.70. The molecule has 5 heteroatoms. The van der Waals surface area contributed by atoms with Crippen LogP contribution >= 0.6 is 0 Å². The van der Waals surface area contributed by atoms with Crippen LogP contribution in [-0.2, 0) is 11.3 Å². The molecule has 1 atom stereocenters. The van der Waals surface area contributed by atoms with Gasteiger partial charge < -0.3 is 5.32 Å². The van der Waals surface area contributed by atoms with Gasteiger partial charge in [-0.3, -0.25) is 4.79 Å². The summed E-state index contributed by atoms with van der Waals surface area (Å²) in [7, 11) is 0. The smallest absolute Gasteiger partial charge is 0.242 e. The van der Waals surface area contributed by atoms with Crippen LogP contribution in [0.2, 0.25) is 0 Å². The van der Waals surface area contributed by atoms with Crippen molar-refractivity contribution in [1.82, 2.24) is 20.1 Å². The number of amides is 1. The predicted molar refractivity (Wildman–Crippen MR) is 93.2 cm³/mol. The van der Waals surface area contributed by atoms with Gasteiger partial charge in [0.25, 0.3) is 0 Å². The summed E-state index contributed by atoms with van der Waals surface area (Å²) in [5.41, 5.74) is 2.02. The molecule has 122 valence electrons. The summed E-state index contributed by atoms with van der Waals surface area (Å²) in [5.74, 6) is 1.27. The second-order valence-corrected chi connectivity index (χ2v) is 5.71. The van der Waals surface area contributed by atoms with Gasteiger partial charge in [-0.15, -0.1) is 0 Å². The SMILES string of the molecule is Cc1nc(-c2ccccc2)n(CC(=O)N[C@@H](C)c2ccccc2)n1. The highest BCUT2D eigenvalue weighted by molar-refractivity contribution is 5.76. The highest BCUT2D eigenvalue weighted by Gasteiger charge is 2.15. The fraction of sp³-hybridized carbons (Fsp3) is 0.211. The van der Waals surface area contributed by atoms with Crippen LogP contribution in [0.5, 0.6) is 0 Å². The Labute approximate surface area is 141 Å². The standard InChI is InChI=1S/C19H20N4O/c1-14(16-9-5-3-6-10-16)20-18(24)13-23-19(21-15(2)22-23)17-11-7-4-8-12-17/h3-12,14H,13H2,1-2H3,(H,20,24)/t14-/m0/s1. The number of aryl methyl sites for hydroxylation is 1. The summed E-state index contributed by atoms with van der Waals surface area (Å²) in [6.45, 7) is 3.94. The third-order valence-electron chi connectivity index (χ3n) is 3.78. The molecular formula is C19H20N4O. The van der Waals surface area contributed by atoms with Crippen molar-refractivity contribution in [3.8, 4) is 11.4 Å². The van der Waals surface area contributed by atoms with Gasteiger partial charge in [-0.05, 0) is 19.4 Å². The molecule has 0 saturated heterocycles. The van der Waals surface area contributed by atoms with E-state index in [9.17, 15) is 4.79 Å². The first-order chi connectivity index (χ1) is 11.6. The number of hydrogen-bond acceptors (Lipinski definition) is 3. The number of nitrogens with zero attached hydrogens (tertiary/aromatic N) is 3. The molecule has 0 fully saturated rings. The van der Waals surface area contributed by atoms with Crippen LogP contribution in [0.3, 0.4) is 0 Å². The van der Waals surface area contributed by atoms with Gasteiger partial charge in [0.1, 0.15) is 12.4 Å². The van der Waals surface area contributed by atoms with E-state index in [0.29, 0.717) is 11.6 Å². The van der Waals surface area contributed by atoms with E-state index >= 15 is 0 Å². The third-order valence-corrected chi connectivity index (χ3v) is 3.78. The van der Waals surface area contributed by atoms with Crippen LogP contribution in [0.4, 0.5) is 0 Å². The highest BCUT2D eigenvalue weighted by Crippen LogP contribution is 2.17. The average Bonchev–Trinajstić information content (AvgIpc) is 2.96. The lowest BCUT2D eigenvalue weighted by molar-refractivity contribution is -0.122. The van der Waals surface area contributed by atoms with Gasteiger partial charge in [-0.1, -0.05) is 60.7 Å². The van der Waals surface area contributed by atoms with Gasteiger partial charge in [-0.2, -0.15) is 5.10 Å². The van der Waals surface area contributed by atoms with Crippen molar-refractivity contribution in [3.05, 3.63) is 72.1 Å². The zero-order valence-corrected chi connectivity index (χ0v) is 13.8. The molecule has 0 spiro atoms. The minimum absolute atomic E-state index is 0.0523. The van der Waals surface area contributed by atoms with Crippen LogP contribution < -0.4 is 5.32 Å². The summed E-state index contributed by atoms with van der Waals surface area (Å²) in [5, 5.41) is 7.36. The first kappa shape index (κ1) is 15.9. The summed E-state index contributed by atoms with van der Waals surface area (Å²) in [6.07, 6.45) is 0. The molecule has 1 heterocycles. The molecule has 0 aliphatic carbocycles. The molecule has 0 saturated carbocycles. The van der Waals surface area contributed by atoms with E-state index in [4.69, 9.17) is 0 Å². The van der Waals surface area contributed by atoms with Crippen molar-refractivity contribution in [2.45, 2.75) is 26.4 Å². The van der Waals surface area contributed by atoms with E-state index in [2.05, 4.69) is 15.4 Å². The maximum absolute atomic E-state index is 12.4. The quantitative estimate of drug-likeness (QED) is 0.785. The Bertz CT molecular complexity index is 812. The monoisotopic (exact) mass is 320 g/mol. The third kappa shape index (κ3) is 3.68. The topological polar surface area (TPSA) is 59.8 Å². The molecule has 0 bridgehead atoms. The molecule has 0 radical (unpaired) electrons. The molecule has 2 aromatic carbocycles. The molecule has 0 aliphatic rings. The maximum atomic E-state index is 12.4. The molecular weight excluding hydrogens is 300 g/mol. The van der Waals surface area contributed by atoms with Gasteiger partial charge in [0.15, 0.2) is 5.82 Å². The molecule has 1 amide bonds. The Morgan fingerprint density at radius 3 is 2.38 bits per heavy atom. The van der Waals surface area contributed by atoms with Gasteiger partial charge in [0.05, 0.1) is 6.04 Å². The largest absolute Gasteiger partial charge is 0.348 e. The molecule has 1 N–H and O–H groups in total. The number of aromatic nitrogens is 3. The van der Waals surface area contributed by atoms with Gasteiger partial charge in [-0.25, -0.2) is 9.67 Å². The molecule has 0 aliphatic heterocycles. The second kappa shape index (κ2) is 7.08. The van der Waals surface area contributed by atoms with Crippen LogP contribution in [0.25, 0.3) is 11.4 Å². The van der Waals surface area contributed by atoms with E-state index < -0.39 is 0 Å². The van der Waals surface area contributed by atoms with E-state index in [0.717, 1.165) is 11.1 Å². The Morgan fingerprint density at radius 2 is 1.71 bits per heavy atom. The lowest BCUT2D eigenvalue weighted by Gasteiger charge is -2.14. The fourth-order valence-corrected chi connectivity index (χ4v) is 2.61. The van der Waals surface area contributed by atoms with Crippen molar-refractivity contribution in [2.24, 2.45) is 0 Å². The Morgan fingerprint density at radius 1 is 1.08 bits per heavy atom. The number of hydrogen-bond donors (Lipinski definition) is 1. The summed E-state index contributed by atoms with van der Waals surface area (Å²) >= 11 is 0. The van der Waals surface area contributed by atoms with Crippen molar-refractivity contribution in [3.63, 3.8) is 0 Å². The van der Waals surface area contributed by atoms with E-state index in [-0.39, 0.29) is 18.5 Å². The van der Waals surface area contributed by atoms with E-state index in [1.807, 2.05) is 74.5 Å². The van der Waals surface area contributed by atoms with Crippen molar-refractivity contribution in [2.75, 3.05) is 0 Å². The number of carbonyl (C=O) groups is 1. The lowest BCUT2D eigenvalue weighted by atomic mass is 10.1. The predicted octanol–water partition coefficient (Wildman–Crippen LogP) is 3.13. The highest BCUT2D eigenvalue weighted by atomic mass is 16.2. The van der Waals surface area contributed by atoms with E-state index in [1.165, 1.54) is 0 Å². The van der Waals surface area contributed by atoms with E-state index in [1.54, 1.807) is 4.68 Å². The number of carbonyl (C=O) groups excluding carboxylic acids is 1. The maximum Gasteiger partial charge on any atom is 0.242 e. The zero-order valence-electron chi connectivity index (χ0n) is 13.8. The zero-order chi connectivity index (χ0) is 16.9. The van der Waals surface area contributed by atoms with Crippen molar-refractivity contribution in [1.29, 1.82) is 0 Å². The van der Waals surface area contributed by atoms with Crippen molar-refractivity contribution >= 4 is 5.91 Å². The Hall–Kier alpha value is -2.95. The molecule has 5 nitrogen and oxygen atoms in total. The lowest BCUT2D eigenvalue weighted by Crippen LogP contribution is -2.30. The summed E-state index contributed by atoms with van der Waals surface area (Å²) in [6, 6.07) is 19.6. The average molecular weight is 320 g/mol. The number of nitrogens with one attached hydrogen (secondary N) is 1. The number of benzene rings is 2. The summed E-state index contributed by atoms with van der Waals surface area (Å²) < 4.78 is 1.65. The summed E-state index contributed by atoms with van der Waals surface area (Å²) in [4.78, 5) is 16.8. The van der Waals surface area contributed by atoms with Crippen LogP contribution in [0.1, 0.15) is 24.4 Å². The van der Waals surface area contributed by atoms with Crippen LogP contribution in [0, 0.1) is 6.92 Å². The van der Waals surface area contributed by atoms with Crippen LogP contribution in [-0.4, -0.2) is 20.7 Å². The van der Waals surface area contributed by atoms with Gasteiger partial charge >= 0.3 is 0 Å². The van der Waals surface area contributed by atoms with Crippen LogP contribution in [0.15, 0.2) is 60.7 Å². The first-order valence-corrected chi connectivity index (χ1v) is 7.94. The minimum atomic E-state index is -0.0894. The fourth-order valence-electron chi connectivity index (χ4n) is 2.61. The number of rotatable bonds is 5. The molecule has 24 heavy (non-hydrogen) atoms. The minimum Gasteiger partial charge on any atom is -0.348 e. The normalized spacial score (nSPS) is 11.9. The molecule has 3 aromatic rings. The first-order valence-electron chi connectivity index (χ1n) is 7.94. The Balaban J connectivity index is 1.73. The molecule has 0 unspecified atom stereocenters. The molecule has 3 rings (SSSR count). The second-order valence-electron chi connectivity index (χ2n) is 5.71. The van der Waals surface area contributed by atoms with Gasteiger partial charge in [0, 0.05) is 5.56 Å². The van der Waals surface area contributed by atoms with Crippen molar-refractivity contribution < 1.29 is 4.79 Å².